The van der Waals surface area contributed by atoms with Crippen molar-refractivity contribution in [3.63, 3.8) is 0 Å². The zero-order valence-electron chi connectivity index (χ0n) is 10.4. The number of rotatable bonds is 5. The minimum Gasteiger partial charge on any atom is -0.359 e. The molecule has 0 aromatic carbocycles. The van der Waals surface area contributed by atoms with Crippen molar-refractivity contribution in [1.29, 1.82) is 0 Å². The van der Waals surface area contributed by atoms with Gasteiger partial charge in [0, 0.05) is 25.7 Å². The molecule has 0 aliphatic rings. The van der Waals surface area contributed by atoms with E-state index in [4.69, 9.17) is 0 Å². The van der Waals surface area contributed by atoms with E-state index in [1.807, 2.05) is 14.1 Å². The molecule has 0 bridgehead atoms. The van der Waals surface area contributed by atoms with Crippen molar-refractivity contribution in [2.45, 2.75) is 20.4 Å². The summed E-state index contributed by atoms with van der Waals surface area (Å²) in [6.45, 7) is 5.84. The highest BCUT2D eigenvalue weighted by atomic mass is 19.1. The quantitative estimate of drug-likeness (QED) is 0.831. The standard InChI is InChI=1S/C12H20FN3/c1-9(2)8-16(4)12-10(6-14-3)5-11(13)7-15-12/h5,7,9,14H,6,8H2,1-4H3. The van der Waals surface area contributed by atoms with E-state index in [1.165, 1.54) is 12.3 Å². The lowest BCUT2D eigenvalue weighted by atomic mass is 10.2. The molecule has 0 atom stereocenters. The van der Waals surface area contributed by atoms with Gasteiger partial charge < -0.3 is 10.2 Å². The molecule has 1 heterocycles. The van der Waals surface area contributed by atoms with Crippen LogP contribution in [0.25, 0.3) is 0 Å². The molecule has 0 saturated carbocycles. The fourth-order valence-electron chi connectivity index (χ4n) is 1.77. The molecule has 0 saturated heterocycles. The summed E-state index contributed by atoms with van der Waals surface area (Å²) in [5, 5.41) is 3.03. The average molecular weight is 225 g/mol. The van der Waals surface area contributed by atoms with Gasteiger partial charge in [0.1, 0.15) is 11.6 Å². The van der Waals surface area contributed by atoms with Crippen LogP contribution >= 0.6 is 0 Å². The van der Waals surface area contributed by atoms with Crippen LogP contribution < -0.4 is 10.2 Å². The Kier molecular flexibility index (Phi) is 4.68. The summed E-state index contributed by atoms with van der Waals surface area (Å²) in [6, 6.07) is 1.54. The van der Waals surface area contributed by atoms with Crippen LogP contribution in [0.4, 0.5) is 10.2 Å². The van der Waals surface area contributed by atoms with Gasteiger partial charge >= 0.3 is 0 Å². The van der Waals surface area contributed by atoms with Gasteiger partial charge in [0.05, 0.1) is 6.20 Å². The van der Waals surface area contributed by atoms with Gasteiger partial charge in [0.15, 0.2) is 0 Å². The summed E-state index contributed by atoms with van der Waals surface area (Å²) in [5.74, 6) is 1.12. The number of anilines is 1. The Morgan fingerprint density at radius 1 is 1.50 bits per heavy atom. The first kappa shape index (κ1) is 12.9. The number of halogens is 1. The monoisotopic (exact) mass is 225 g/mol. The second-order valence-corrected chi connectivity index (χ2v) is 4.44. The second kappa shape index (κ2) is 5.80. The van der Waals surface area contributed by atoms with Gasteiger partial charge in [-0.1, -0.05) is 13.8 Å². The van der Waals surface area contributed by atoms with Crippen LogP contribution in [0.2, 0.25) is 0 Å². The maximum absolute atomic E-state index is 13.1. The van der Waals surface area contributed by atoms with Crippen LogP contribution in [0, 0.1) is 11.7 Å². The zero-order chi connectivity index (χ0) is 12.1. The van der Waals surface area contributed by atoms with Crippen LogP contribution in [0.3, 0.4) is 0 Å². The topological polar surface area (TPSA) is 28.2 Å². The van der Waals surface area contributed by atoms with Crippen molar-refractivity contribution in [2.75, 3.05) is 25.5 Å². The molecule has 1 rings (SSSR count). The molecular weight excluding hydrogens is 205 g/mol. The van der Waals surface area contributed by atoms with E-state index in [2.05, 4.69) is 29.0 Å². The number of nitrogens with one attached hydrogen (secondary N) is 1. The molecule has 1 aromatic rings. The lowest BCUT2D eigenvalue weighted by Gasteiger charge is -2.23. The maximum atomic E-state index is 13.1. The predicted molar refractivity (Wildman–Crippen MR) is 65.1 cm³/mol. The molecule has 3 nitrogen and oxygen atoms in total. The molecule has 16 heavy (non-hydrogen) atoms. The fourth-order valence-corrected chi connectivity index (χ4v) is 1.77. The normalized spacial score (nSPS) is 10.9. The third kappa shape index (κ3) is 3.45. The van der Waals surface area contributed by atoms with Crippen molar-refractivity contribution in [3.8, 4) is 0 Å². The lowest BCUT2D eigenvalue weighted by molar-refractivity contribution is 0.608. The number of nitrogens with zero attached hydrogens (tertiary/aromatic N) is 2. The van der Waals surface area contributed by atoms with E-state index in [1.54, 1.807) is 0 Å². The number of hydrogen-bond acceptors (Lipinski definition) is 3. The third-order valence-electron chi connectivity index (χ3n) is 2.28. The van der Waals surface area contributed by atoms with Crippen LogP contribution in [0.1, 0.15) is 19.4 Å². The first-order valence-electron chi connectivity index (χ1n) is 5.54. The Morgan fingerprint density at radius 3 is 2.75 bits per heavy atom. The summed E-state index contributed by atoms with van der Waals surface area (Å²) < 4.78 is 13.1. The Hall–Kier alpha value is -1.16. The number of aromatic nitrogens is 1. The van der Waals surface area contributed by atoms with Crippen LogP contribution in [-0.2, 0) is 6.54 Å². The molecule has 0 amide bonds. The number of hydrogen-bond donors (Lipinski definition) is 1. The molecule has 1 N–H and O–H groups in total. The molecule has 0 radical (unpaired) electrons. The summed E-state index contributed by atoms with van der Waals surface area (Å²) in [5.41, 5.74) is 0.894. The summed E-state index contributed by atoms with van der Waals surface area (Å²) in [6.07, 6.45) is 1.27. The molecule has 0 spiro atoms. The second-order valence-electron chi connectivity index (χ2n) is 4.44. The van der Waals surface area contributed by atoms with E-state index in [0.717, 1.165) is 17.9 Å². The van der Waals surface area contributed by atoms with Crippen LogP contribution in [-0.4, -0.2) is 25.6 Å². The van der Waals surface area contributed by atoms with E-state index < -0.39 is 0 Å². The molecular formula is C12H20FN3. The van der Waals surface area contributed by atoms with Gasteiger partial charge in [-0.05, 0) is 19.0 Å². The van der Waals surface area contributed by atoms with E-state index >= 15 is 0 Å². The van der Waals surface area contributed by atoms with E-state index in [9.17, 15) is 4.39 Å². The predicted octanol–water partition coefficient (Wildman–Crippen LogP) is 2.03. The molecule has 0 fully saturated rings. The van der Waals surface area contributed by atoms with Crippen molar-refractivity contribution in [1.82, 2.24) is 10.3 Å². The van der Waals surface area contributed by atoms with E-state index in [-0.39, 0.29) is 5.82 Å². The Labute approximate surface area is 96.7 Å². The molecule has 0 aliphatic heterocycles. The fraction of sp³-hybridized carbons (Fsp3) is 0.583. The average Bonchev–Trinajstić information content (AvgIpc) is 2.17. The summed E-state index contributed by atoms with van der Waals surface area (Å²) in [7, 11) is 3.83. The molecule has 90 valence electrons. The highest BCUT2D eigenvalue weighted by Gasteiger charge is 2.10. The minimum absolute atomic E-state index is 0.285. The third-order valence-corrected chi connectivity index (χ3v) is 2.28. The van der Waals surface area contributed by atoms with Crippen molar-refractivity contribution >= 4 is 5.82 Å². The zero-order valence-corrected chi connectivity index (χ0v) is 10.4. The Morgan fingerprint density at radius 2 is 2.19 bits per heavy atom. The van der Waals surface area contributed by atoms with Crippen molar-refractivity contribution in [3.05, 3.63) is 23.6 Å². The Balaban J connectivity index is 2.92. The SMILES string of the molecule is CNCc1cc(F)cnc1N(C)CC(C)C. The maximum Gasteiger partial charge on any atom is 0.141 e. The first-order chi connectivity index (χ1) is 7.54. The smallest absolute Gasteiger partial charge is 0.141 e. The van der Waals surface area contributed by atoms with Crippen LogP contribution in [0.5, 0.6) is 0 Å². The summed E-state index contributed by atoms with van der Waals surface area (Å²) >= 11 is 0. The lowest BCUT2D eigenvalue weighted by Crippen LogP contribution is -2.25. The van der Waals surface area contributed by atoms with Crippen molar-refractivity contribution < 1.29 is 4.39 Å². The van der Waals surface area contributed by atoms with Gasteiger partial charge in [0.25, 0.3) is 0 Å². The van der Waals surface area contributed by atoms with Gasteiger partial charge in [0.2, 0.25) is 0 Å². The largest absolute Gasteiger partial charge is 0.359 e. The van der Waals surface area contributed by atoms with Gasteiger partial charge in [-0.15, -0.1) is 0 Å². The Bertz CT molecular complexity index is 339. The van der Waals surface area contributed by atoms with Crippen LogP contribution in [0.15, 0.2) is 12.3 Å². The summed E-state index contributed by atoms with van der Waals surface area (Å²) in [4.78, 5) is 6.23. The molecule has 0 unspecified atom stereocenters. The van der Waals surface area contributed by atoms with E-state index in [0.29, 0.717) is 12.5 Å². The first-order valence-corrected chi connectivity index (χ1v) is 5.54. The van der Waals surface area contributed by atoms with Gasteiger partial charge in [-0.3, -0.25) is 0 Å². The van der Waals surface area contributed by atoms with Gasteiger partial charge in [-0.25, -0.2) is 9.37 Å². The molecule has 4 heteroatoms. The minimum atomic E-state index is -0.285. The highest BCUT2D eigenvalue weighted by molar-refractivity contribution is 5.46. The van der Waals surface area contributed by atoms with Gasteiger partial charge in [-0.2, -0.15) is 0 Å². The highest BCUT2D eigenvalue weighted by Crippen LogP contribution is 2.18. The molecule has 0 aliphatic carbocycles. The molecule has 1 aromatic heterocycles. The number of pyridine rings is 1. The van der Waals surface area contributed by atoms with Crippen molar-refractivity contribution in [2.24, 2.45) is 5.92 Å².